The largest absolute Gasteiger partial charge is 0.480 e. The highest BCUT2D eigenvalue weighted by Gasteiger charge is 2.32. The molecule has 5 nitrogen and oxygen atoms in total. The molecule has 0 saturated carbocycles. The van der Waals surface area contributed by atoms with Crippen molar-refractivity contribution in [3.8, 4) is 0 Å². The Morgan fingerprint density at radius 2 is 2.11 bits per heavy atom. The van der Waals surface area contributed by atoms with Crippen molar-refractivity contribution in [2.75, 3.05) is 5.32 Å². The smallest absolute Gasteiger partial charge is 0.329 e. The minimum atomic E-state index is -1.38. The number of halogens is 2. The van der Waals surface area contributed by atoms with E-state index in [2.05, 4.69) is 10.6 Å². The van der Waals surface area contributed by atoms with Gasteiger partial charge in [0, 0.05) is 5.69 Å². The summed E-state index contributed by atoms with van der Waals surface area (Å²) in [5.41, 5.74) is -1.20. The molecule has 0 fully saturated rings. The number of hydrogen-bond donors (Lipinski definition) is 3. The number of benzene rings is 1. The monoisotopic (exact) mass is 288 g/mol. The van der Waals surface area contributed by atoms with Crippen LogP contribution in [0.3, 0.4) is 0 Å². The van der Waals surface area contributed by atoms with Crippen molar-refractivity contribution in [3.63, 3.8) is 0 Å². The van der Waals surface area contributed by atoms with Crippen LogP contribution in [0.1, 0.15) is 20.3 Å². The van der Waals surface area contributed by atoms with Crippen LogP contribution in [0.15, 0.2) is 18.2 Å². The van der Waals surface area contributed by atoms with Gasteiger partial charge in [-0.05, 0) is 31.5 Å². The molecule has 1 rings (SSSR count). The quantitative estimate of drug-likeness (QED) is 0.797. The minimum Gasteiger partial charge on any atom is -0.480 e. The third-order valence-electron chi connectivity index (χ3n) is 2.75. The third kappa shape index (κ3) is 3.82. The van der Waals surface area contributed by atoms with Gasteiger partial charge in [-0.15, -0.1) is 0 Å². The molecule has 3 N–H and O–H groups in total. The summed E-state index contributed by atoms with van der Waals surface area (Å²) < 4.78 is 13.2. The maximum atomic E-state index is 13.2. The predicted molar refractivity (Wildman–Crippen MR) is 69.9 cm³/mol. The van der Waals surface area contributed by atoms with Gasteiger partial charge in [-0.25, -0.2) is 14.0 Å². The van der Waals surface area contributed by atoms with E-state index < -0.39 is 23.4 Å². The second-order valence-electron chi connectivity index (χ2n) is 4.20. The lowest BCUT2D eigenvalue weighted by atomic mass is 10.00. The molecule has 1 aromatic carbocycles. The summed E-state index contributed by atoms with van der Waals surface area (Å²) in [6.45, 7) is 3.02. The lowest BCUT2D eigenvalue weighted by Crippen LogP contribution is -2.53. The van der Waals surface area contributed by atoms with Gasteiger partial charge >= 0.3 is 12.0 Å². The molecule has 0 aliphatic rings. The zero-order chi connectivity index (χ0) is 14.6. The molecule has 2 amide bonds. The molecule has 0 radical (unpaired) electrons. The fourth-order valence-corrected chi connectivity index (χ4v) is 1.40. The summed E-state index contributed by atoms with van der Waals surface area (Å²) in [7, 11) is 0. The van der Waals surface area contributed by atoms with E-state index in [1.54, 1.807) is 6.92 Å². The highest BCUT2D eigenvalue weighted by atomic mass is 35.5. The fourth-order valence-electron chi connectivity index (χ4n) is 1.28. The number of rotatable bonds is 4. The summed E-state index contributed by atoms with van der Waals surface area (Å²) in [5, 5.41) is 13.6. The molecular formula is C12H14ClFN2O3. The summed E-state index contributed by atoms with van der Waals surface area (Å²) in [4.78, 5) is 22.7. The van der Waals surface area contributed by atoms with Crippen molar-refractivity contribution in [3.05, 3.63) is 29.0 Å². The van der Waals surface area contributed by atoms with Crippen LogP contribution >= 0.6 is 11.6 Å². The molecule has 0 spiro atoms. The van der Waals surface area contributed by atoms with Crippen LogP contribution in [0.4, 0.5) is 14.9 Å². The number of carboxylic acids is 1. The molecule has 1 unspecified atom stereocenters. The summed E-state index contributed by atoms with van der Waals surface area (Å²) in [5.74, 6) is -1.82. The maximum Gasteiger partial charge on any atom is 0.329 e. The van der Waals surface area contributed by atoms with Crippen LogP contribution in [-0.2, 0) is 4.79 Å². The standard InChI is InChI=1S/C12H14ClFN2O3/c1-3-12(2,10(17)18)16-11(19)15-7-4-5-8(13)9(14)6-7/h4-6H,3H2,1-2H3,(H,17,18)(H2,15,16,19). The molecule has 0 bridgehead atoms. The molecule has 1 aromatic rings. The fraction of sp³-hybridized carbons (Fsp3) is 0.333. The SMILES string of the molecule is CCC(C)(NC(=O)Nc1ccc(Cl)c(F)c1)C(=O)O. The van der Waals surface area contributed by atoms with Crippen LogP contribution in [0, 0.1) is 5.82 Å². The molecule has 0 aromatic heterocycles. The Labute approximate surface area is 114 Å². The molecule has 0 aliphatic heterocycles. The van der Waals surface area contributed by atoms with Gasteiger partial charge in [0.1, 0.15) is 11.4 Å². The molecule has 0 aliphatic carbocycles. The highest BCUT2D eigenvalue weighted by molar-refractivity contribution is 6.30. The average molecular weight is 289 g/mol. The first-order valence-electron chi connectivity index (χ1n) is 5.56. The number of carboxylic acid groups (broad SMARTS) is 1. The molecule has 7 heteroatoms. The zero-order valence-electron chi connectivity index (χ0n) is 10.5. The van der Waals surface area contributed by atoms with E-state index in [1.165, 1.54) is 19.1 Å². The average Bonchev–Trinajstić information content (AvgIpc) is 2.33. The number of nitrogens with one attached hydrogen (secondary N) is 2. The second-order valence-corrected chi connectivity index (χ2v) is 4.61. The van der Waals surface area contributed by atoms with Crippen LogP contribution in [0.25, 0.3) is 0 Å². The van der Waals surface area contributed by atoms with E-state index in [0.29, 0.717) is 0 Å². The van der Waals surface area contributed by atoms with Gasteiger partial charge in [-0.2, -0.15) is 0 Å². The van der Waals surface area contributed by atoms with Crippen LogP contribution in [0.2, 0.25) is 5.02 Å². The van der Waals surface area contributed by atoms with Crippen molar-refractivity contribution < 1.29 is 19.1 Å². The van der Waals surface area contributed by atoms with E-state index in [0.717, 1.165) is 6.07 Å². The lowest BCUT2D eigenvalue weighted by molar-refractivity contribution is -0.143. The van der Waals surface area contributed by atoms with Crippen molar-refractivity contribution in [2.24, 2.45) is 0 Å². The molecule has 0 heterocycles. The number of anilines is 1. The number of aliphatic carboxylic acids is 1. The Morgan fingerprint density at radius 3 is 2.58 bits per heavy atom. The molecule has 1 atom stereocenters. The van der Waals surface area contributed by atoms with Crippen molar-refractivity contribution >= 4 is 29.3 Å². The lowest BCUT2D eigenvalue weighted by Gasteiger charge is -2.24. The van der Waals surface area contributed by atoms with Crippen LogP contribution in [0.5, 0.6) is 0 Å². The van der Waals surface area contributed by atoms with Gasteiger partial charge in [-0.1, -0.05) is 18.5 Å². The number of carbonyl (C=O) groups excluding carboxylic acids is 1. The van der Waals surface area contributed by atoms with E-state index in [-0.39, 0.29) is 17.1 Å². The molecular weight excluding hydrogens is 275 g/mol. The van der Waals surface area contributed by atoms with Gasteiger partial charge in [0.25, 0.3) is 0 Å². The normalized spacial score (nSPS) is 13.5. The molecule has 19 heavy (non-hydrogen) atoms. The Balaban J connectivity index is 2.75. The van der Waals surface area contributed by atoms with Gasteiger partial charge in [0.05, 0.1) is 5.02 Å². The minimum absolute atomic E-state index is 0.0603. The maximum absolute atomic E-state index is 13.2. The molecule has 0 saturated heterocycles. The van der Waals surface area contributed by atoms with Gasteiger partial charge in [0.15, 0.2) is 0 Å². The van der Waals surface area contributed by atoms with E-state index >= 15 is 0 Å². The topological polar surface area (TPSA) is 78.4 Å². The second kappa shape index (κ2) is 5.88. The van der Waals surface area contributed by atoms with Gasteiger partial charge in [-0.3, -0.25) is 0 Å². The van der Waals surface area contributed by atoms with Crippen LogP contribution in [-0.4, -0.2) is 22.6 Å². The Bertz CT molecular complexity index is 510. The number of amides is 2. The van der Waals surface area contributed by atoms with Gasteiger partial charge in [0.2, 0.25) is 0 Å². The van der Waals surface area contributed by atoms with Crippen molar-refractivity contribution in [2.45, 2.75) is 25.8 Å². The Morgan fingerprint density at radius 1 is 1.47 bits per heavy atom. The first-order valence-corrected chi connectivity index (χ1v) is 5.94. The molecule has 104 valence electrons. The van der Waals surface area contributed by atoms with E-state index in [9.17, 15) is 14.0 Å². The number of carbonyl (C=O) groups is 2. The highest BCUT2D eigenvalue weighted by Crippen LogP contribution is 2.19. The van der Waals surface area contributed by atoms with Crippen LogP contribution < -0.4 is 10.6 Å². The summed E-state index contributed by atoms with van der Waals surface area (Å²) in [6, 6.07) is 3.03. The van der Waals surface area contributed by atoms with Gasteiger partial charge < -0.3 is 15.7 Å². The summed E-state index contributed by atoms with van der Waals surface area (Å²) >= 11 is 5.51. The Kier molecular flexibility index (Phi) is 4.72. The van der Waals surface area contributed by atoms with E-state index in [4.69, 9.17) is 16.7 Å². The first kappa shape index (κ1) is 15.2. The number of hydrogen-bond acceptors (Lipinski definition) is 2. The number of urea groups is 1. The Hall–Kier alpha value is -1.82. The van der Waals surface area contributed by atoms with E-state index in [1.807, 2.05) is 0 Å². The third-order valence-corrected chi connectivity index (χ3v) is 3.05. The van der Waals surface area contributed by atoms with Crippen molar-refractivity contribution in [1.82, 2.24) is 5.32 Å². The zero-order valence-corrected chi connectivity index (χ0v) is 11.2. The predicted octanol–water partition coefficient (Wildman–Crippen LogP) is 2.85. The van der Waals surface area contributed by atoms with Crippen molar-refractivity contribution in [1.29, 1.82) is 0 Å². The summed E-state index contributed by atoms with van der Waals surface area (Å²) in [6.07, 6.45) is 0.213. The first-order chi connectivity index (χ1) is 8.78.